The maximum absolute atomic E-state index is 9.70. The fourth-order valence-electron chi connectivity index (χ4n) is 1.37. The molecule has 0 aromatic carbocycles. The number of rotatable bonds is 10. The van der Waals surface area contributed by atoms with Gasteiger partial charge in [0.1, 0.15) is 0 Å². The predicted molar refractivity (Wildman–Crippen MR) is 70.1 cm³/mol. The molecule has 1 heterocycles. The molecule has 0 aliphatic carbocycles. The summed E-state index contributed by atoms with van der Waals surface area (Å²) in [5.74, 6) is 2.00. The molecule has 0 amide bonds. The van der Waals surface area contributed by atoms with E-state index in [-0.39, 0.29) is 6.61 Å². The number of hydrogen-bond donors (Lipinski definition) is 3. The smallest absolute Gasteiger partial charge is 0.0860 e. The molecule has 5 nitrogen and oxygen atoms in total. The van der Waals surface area contributed by atoms with Gasteiger partial charge >= 0.3 is 0 Å². The summed E-state index contributed by atoms with van der Waals surface area (Å²) in [7, 11) is 0. The Hall–Kier alpha value is -0.560. The molecule has 0 spiro atoms. The van der Waals surface area contributed by atoms with Gasteiger partial charge in [0, 0.05) is 37.8 Å². The molecule has 98 valence electrons. The molecule has 0 saturated heterocycles. The van der Waals surface area contributed by atoms with Crippen LogP contribution in [0.25, 0.3) is 0 Å². The third-order valence-electron chi connectivity index (χ3n) is 2.21. The maximum Gasteiger partial charge on any atom is 0.0860 e. The molecular weight excluding hydrogens is 238 g/mol. The van der Waals surface area contributed by atoms with E-state index in [0.717, 1.165) is 24.5 Å². The molecule has 1 aromatic heterocycles. The van der Waals surface area contributed by atoms with Crippen molar-refractivity contribution in [2.75, 3.05) is 31.2 Å². The molecule has 1 rings (SSSR count). The molecule has 0 fully saturated rings. The number of aliphatic hydroxyl groups excluding tert-OH is 2. The molecule has 1 atom stereocenters. The first-order chi connectivity index (χ1) is 8.33. The van der Waals surface area contributed by atoms with Gasteiger partial charge in [-0.05, 0) is 18.2 Å². The van der Waals surface area contributed by atoms with Crippen molar-refractivity contribution >= 4 is 11.8 Å². The van der Waals surface area contributed by atoms with Gasteiger partial charge in [-0.15, -0.1) is 0 Å². The summed E-state index contributed by atoms with van der Waals surface area (Å²) in [5.41, 5.74) is 0. The highest BCUT2D eigenvalue weighted by Gasteiger charge is 2.04. The zero-order valence-corrected chi connectivity index (χ0v) is 10.8. The average Bonchev–Trinajstić information content (AvgIpc) is 2.80. The van der Waals surface area contributed by atoms with Gasteiger partial charge in [0.25, 0.3) is 0 Å². The van der Waals surface area contributed by atoms with Gasteiger partial charge < -0.3 is 15.5 Å². The lowest BCUT2D eigenvalue weighted by Gasteiger charge is -2.11. The third kappa shape index (κ3) is 7.38. The molecule has 0 saturated carbocycles. The van der Waals surface area contributed by atoms with E-state index in [1.807, 2.05) is 24.0 Å². The lowest BCUT2D eigenvalue weighted by molar-refractivity contribution is 0.147. The van der Waals surface area contributed by atoms with Gasteiger partial charge in [0.05, 0.1) is 12.6 Å². The number of aliphatic hydroxyl groups is 2. The summed E-state index contributed by atoms with van der Waals surface area (Å²) < 4.78 is 1.72. The Kier molecular flexibility index (Phi) is 8.08. The van der Waals surface area contributed by atoms with Crippen LogP contribution in [0.4, 0.5) is 0 Å². The van der Waals surface area contributed by atoms with Gasteiger partial charge in [-0.25, -0.2) is 0 Å². The molecular formula is C11H21N3O2S. The Morgan fingerprint density at radius 3 is 3.00 bits per heavy atom. The van der Waals surface area contributed by atoms with Crippen LogP contribution in [0.1, 0.15) is 6.42 Å². The maximum atomic E-state index is 9.70. The molecule has 0 radical (unpaired) electrons. The summed E-state index contributed by atoms with van der Waals surface area (Å²) in [6.45, 7) is 2.26. The zero-order valence-electron chi connectivity index (χ0n) is 9.96. The summed E-state index contributed by atoms with van der Waals surface area (Å²) in [5, 5.41) is 25.5. The second kappa shape index (κ2) is 9.47. The summed E-state index contributed by atoms with van der Waals surface area (Å²) in [6.07, 6.45) is 4.00. The molecule has 17 heavy (non-hydrogen) atoms. The van der Waals surface area contributed by atoms with Crippen LogP contribution in [0.3, 0.4) is 0 Å². The van der Waals surface area contributed by atoms with Crippen molar-refractivity contribution in [2.45, 2.75) is 19.1 Å². The van der Waals surface area contributed by atoms with E-state index in [2.05, 4.69) is 10.4 Å². The van der Waals surface area contributed by atoms with Crippen LogP contribution in [0, 0.1) is 0 Å². The van der Waals surface area contributed by atoms with Crippen LogP contribution in [-0.4, -0.2) is 57.3 Å². The Morgan fingerprint density at radius 2 is 2.29 bits per heavy atom. The SMILES string of the molecule is OCCCSCCNCC(O)Cn1cccn1. The van der Waals surface area contributed by atoms with E-state index in [0.29, 0.717) is 13.1 Å². The van der Waals surface area contributed by atoms with E-state index < -0.39 is 6.10 Å². The third-order valence-corrected chi connectivity index (χ3v) is 3.28. The Bertz CT molecular complexity index is 270. The van der Waals surface area contributed by atoms with Crippen LogP contribution in [-0.2, 0) is 6.54 Å². The first kappa shape index (κ1) is 14.5. The van der Waals surface area contributed by atoms with E-state index >= 15 is 0 Å². The van der Waals surface area contributed by atoms with Crippen LogP contribution in [0.15, 0.2) is 18.5 Å². The summed E-state index contributed by atoms with van der Waals surface area (Å²) in [6, 6.07) is 1.85. The fourth-order valence-corrected chi connectivity index (χ4v) is 2.20. The average molecular weight is 259 g/mol. The van der Waals surface area contributed by atoms with Gasteiger partial charge in [-0.1, -0.05) is 0 Å². The predicted octanol–water partition coefficient (Wildman–Crippen LogP) is -0.0508. The number of nitrogens with one attached hydrogen (secondary N) is 1. The molecule has 3 N–H and O–H groups in total. The normalized spacial score (nSPS) is 12.8. The van der Waals surface area contributed by atoms with Crippen molar-refractivity contribution in [3.05, 3.63) is 18.5 Å². The van der Waals surface area contributed by atoms with Gasteiger partial charge in [-0.2, -0.15) is 16.9 Å². The van der Waals surface area contributed by atoms with Crippen LogP contribution in [0.5, 0.6) is 0 Å². The molecule has 0 aliphatic rings. The van der Waals surface area contributed by atoms with Crippen LogP contribution in [0.2, 0.25) is 0 Å². The fraction of sp³-hybridized carbons (Fsp3) is 0.727. The quantitative estimate of drug-likeness (QED) is 0.514. The number of hydrogen-bond acceptors (Lipinski definition) is 5. The monoisotopic (exact) mass is 259 g/mol. The minimum atomic E-state index is -0.405. The summed E-state index contributed by atoms with van der Waals surface area (Å²) >= 11 is 1.81. The highest BCUT2D eigenvalue weighted by Crippen LogP contribution is 2.00. The van der Waals surface area contributed by atoms with Crippen molar-refractivity contribution < 1.29 is 10.2 Å². The number of aromatic nitrogens is 2. The van der Waals surface area contributed by atoms with Crippen molar-refractivity contribution in [3.8, 4) is 0 Å². The Labute approximate surface area is 106 Å². The van der Waals surface area contributed by atoms with E-state index in [9.17, 15) is 5.11 Å². The molecule has 1 aromatic rings. The highest BCUT2D eigenvalue weighted by atomic mass is 32.2. The Balaban J connectivity index is 1.92. The van der Waals surface area contributed by atoms with E-state index in [1.54, 1.807) is 10.9 Å². The minimum Gasteiger partial charge on any atom is -0.396 e. The lowest BCUT2D eigenvalue weighted by Crippen LogP contribution is -2.31. The second-order valence-corrected chi connectivity index (χ2v) is 5.00. The van der Waals surface area contributed by atoms with Gasteiger partial charge in [-0.3, -0.25) is 4.68 Å². The topological polar surface area (TPSA) is 70.3 Å². The van der Waals surface area contributed by atoms with Gasteiger partial charge in [0.2, 0.25) is 0 Å². The number of nitrogens with zero attached hydrogens (tertiary/aromatic N) is 2. The molecule has 0 bridgehead atoms. The van der Waals surface area contributed by atoms with Crippen LogP contribution >= 0.6 is 11.8 Å². The molecule has 1 unspecified atom stereocenters. The summed E-state index contributed by atoms with van der Waals surface area (Å²) in [4.78, 5) is 0. The van der Waals surface area contributed by atoms with Crippen molar-refractivity contribution in [2.24, 2.45) is 0 Å². The van der Waals surface area contributed by atoms with Crippen molar-refractivity contribution in [3.63, 3.8) is 0 Å². The lowest BCUT2D eigenvalue weighted by atomic mass is 10.3. The number of thioether (sulfide) groups is 1. The van der Waals surface area contributed by atoms with Crippen molar-refractivity contribution in [1.29, 1.82) is 0 Å². The minimum absolute atomic E-state index is 0.267. The van der Waals surface area contributed by atoms with Crippen molar-refractivity contribution in [1.82, 2.24) is 15.1 Å². The molecule has 0 aliphatic heterocycles. The Morgan fingerprint density at radius 1 is 1.41 bits per heavy atom. The second-order valence-electron chi connectivity index (χ2n) is 3.78. The standard InChI is InChI=1S/C11H21N3O2S/c15-6-2-7-17-8-4-12-9-11(16)10-14-5-1-3-13-14/h1,3,5,11-12,15-16H,2,4,6-10H2. The largest absolute Gasteiger partial charge is 0.396 e. The van der Waals surface area contributed by atoms with E-state index in [1.165, 1.54) is 0 Å². The first-order valence-corrected chi connectivity index (χ1v) is 7.03. The van der Waals surface area contributed by atoms with Crippen LogP contribution < -0.4 is 5.32 Å². The van der Waals surface area contributed by atoms with E-state index in [4.69, 9.17) is 5.11 Å². The highest BCUT2D eigenvalue weighted by molar-refractivity contribution is 7.99. The van der Waals surface area contributed by atoms with Gasteiger partial charge in [0.15, 0.2) is 0 Å². The zero-order chi connectivity index (χ0) is 12.3. The first-order valence-electron chi connectivity index (χ1n) is 5.87. The molecule has 6 heteroatoms.